The zero-order valence-electron chi connectivity index (χ0n) is 12.5. The lowest BCUT2D eigenvalue weighted by Crippen LogP contribution is -2.32. The van der Waals surface area contributed by atoms with Crippen LogP contribution in [0.1, 0.15) is 35.9 Å². The molecule has 2 aromatic rings. The van der Waals surface area contributed by atoms with Crippen LogP contribution in [-0.2, 0) is 13.0 Å². The lowest BCUT2D eigenvalue weighted by Gasteiger charge is -2.32. The van der Waals surface area contributed by atoms with Crippen LogP contribution >= 0.6 is 11.3 Å². The third kappa shape index (κ3) is 2.83. The Morgan fingerprint density at radius 3 is 3.05 bits per heavy atom. The SMILES string of the molecule is CCNC(C)c1c(F)cccc1N1CCc2sccc2C1. The van der Waals surface area contributed by atoms with E-state index in [2.05, 4.69) is 28.6 Å². The molecule has 21 heavy (non-hydrogen) atoms. The Labute approximate surface area is 129 Å². The standard InChI is InChI=1S/C17H21FN2S/c1-3-19-12(2)17-14(18)5-4-6-15(17)20-9-7-16-13(11-20)8-10-21-16/h4-6,8,10,12,19H,3,7,9,11H2,1-2H3. The van der Waals surface area contributed by atoms with Crippen LogP contribution in [0.15, 0.2) is 29.6 Å². The van der Waals surface area contributed by atoms with E-state index < -0.39 is 0 Å². The second-order valence-electron chi connectivity index (χ2n) is 5.49. The molecule has 1 aliphatic heterocycles. The summed E-state index contributed by atoms with van der Waals surface area (Å²) in [6.45, 7) is 6.77. The quantitative estimate of drug-likeness (QED) is 0.914. The molecule has 0 spiro atoms. The van der Waals surface area contributed by atoms with E-state index in [0.717, 1.165) is 37.3 Å². The first-order valence-electron chi connectivity index (χ1n) is 7.52. The Hall–Kier alpha value is -1.39. The molecule has 1 N–H and O–H groups in total. The summed E-state index contributed by atoms with van der Waals surface area (Å²) in [6.07, 6.45) is 1.05. The van der Waals surface area contributed by atoms with Gasteiger partial charge in [-0.05, 0) is 49.0 Å². The van der Waals surface area contributed by atoms with Gasteiger partial charge < -0.3 is 10.2 Å². The highest BCUT2D eigenvalue weighted by Gasteiger charge is 2.23. The van der Waals surface area contributed by atoms with Crippen LogP contribution in [0, 0.1) is 5.82 Å². The van der Waals surface area contributed by atoms with Gasteiger partial charge in [-0.15, -0.1) is 11.3 Å². The number of hydrogen-bond acceptors (Lipinski definition) is 3. The topological polar surface area (TPSA) is 15.3 Å². The third-order valence-electron chi connectivity index (χ3n) is 4.12. The maximum atomic E-state index is 14.4. The number of anilines is 1. The zero-order chi connectivity index (χ0) is 14.8. The lowest BCUT2D eigenvalue weighted by molar-refractivity contribution is 0.538. The van der Waals surface area contributed by atoms with Gasteiger partial charge in [-0.3, -0.25) is 0 Å². The van der Waals surface area contributed by atoms with E-state index in [9.17, 15) is 4.39 Å². The normalized spacial score (nSPS) is 15.9. The highest BCUT2D eigenvalue weighted by atomic mass is 32.1. The van der Waals surface area contributed by atoms with Crippen molar-refractivity contribution < 1.29 is 4.39 Å². The van der Waals surface area contributed by atoms with Crippen LogP contribution in [0.3, 0.4) is 0 Å². The summed E-state index contributed by atoms with van der Waals surface area (Å²) < 4.78 is 14.4. The minimum absolute atomic E-state index is 0.0232. The van der Waals surface area contributed by atoms with E-state index in [1.165, 1.54) is 10.4 Å². The summed E-state index contributed by atoms with van der Waals surface area (Å²) in [7, 11) is 0. The summed E-state index contributed by atoms with van der Waals surface area (Å²) in [5, 5.41) is 5.49. The molecule has 112 valence electrons. The number of nitrogens with one attached hydrogen (secondary N) is 1. The maximum Gasteiger partial charge on any atom is 0.130 e. The average Bonchev–Trinajstić information content (AvgIpc) is 2.94. The van der Waals surface area contributed by atoms with Crippen LogP contribution in [0.5, 0.6) is 0 Å². The number of fused-ring (bicyclic) bond motifs is 1. The van der Waals surface area contributed by atoms with Gasteiger partial charge in [0, 0.05) is 35.3 Å². The largest absolute Gasteiger partial charge is 0.366 e. The zero-order valence-corrected chi connectivity index (χ0v) is 13.3. The molecule has 2 nitrogen and oxygen atoms in total. The molecule has 0 bridgehead atoms. The smallest absolute Gasteiger partial charge is 0.130 e. The van der Waals surface area contributed by atoms with E-state index in [0.29, 0.717) is 0 Å². The fourth-order valence-corrected chi connectivity index (χ4v) is 3.98. The van der Waals surface area contributed by atoms with Gasteiger partial charge in [0.1, 0.15) is 5.82 Å². The number of thiophene rings is 1. The Kier molecular flexibility index (Phi) is 4.27. The predicted molar refractivity (Wildman–Crippen MR) is 87.6 cm³/mol. The summed E-state index contributed by atoms with van der Waals surface area (Å²) >= 11 is 1.83. The van der Waals surface area contributed by atoms with Crippen LogP contribution < -0.4 is 10.2 Å². The molecule has 0 radical (unpaired) electrons. The van der Waals surface area contributed by atoms with Gasteiger partial charge in [-0.1, -0.05) is 13.0 Å². The molecule has 0 fully saturated rings. The molecule has 1 aliphatic rings. The summed E-state index contributed by atoms with van der Waals surface area (Å²) in [5.74, 6) is -0.114. The van der Waals surface area contributed by atoms with Gasteiger partial charge >= 0.3 is 0 Å². The fourth-order valence-electron chi connectivity index (χ4n) is 3.09. The Morgan fingerprint density at radius 2 is 2.24 bits per heavy atom. The third-order valence-corrected chi connectivity index (χ3v) is 5.14. The Bertz CT molecular complexity index is 623. The van der Waals surface area contributed by atoms with E-state index in [-0.39, 0.29) is 11.9 Å². The van der Waals surface area contributed by atoms with Gasteiger partial charge in [-0.25, -0.2) is 4.39 Å². The lowest BCUT2D eigenvalue weighted by atomic mass is 10.0. The van der Waals surface area contributed by atoms with E-state index in [1.807, 2.05) is 30.4 Å². The molecule has 1 unspecified atom stereocenters. The van der Waals surface area contributed by atoms with Crippen molar-refractivity contribution in [2.24, 2.45) is 0 Å². The van der Waals surface area contributed by atoms with Crippen LogP contribution in [-0.4, -0.2) is 13.1 Å². The summed E-state index contributed by atoms with van der Waals surface area (Å²) in [6, 6.07) is 7.64. The van der Waals surface area contributed by atoms with Crippen LogP contribution in [0.2, 0.25) is 0 Å². The predicted octanol–water partition coefficient (Wildman–Crippen LogP) is 4.12. The molecular formula is C17H21FN2S. The first-order chi connectivity index (χ1) is 10.2. The minimum Gasteiger partial charge on any atom is -0.366 e. The molecule has 2 heterocycles. The van der Waals surface area contributed by atoms with Crippen molar-refractivity contribution in [1.82, 2.24) is 5.32 Å². The van der Waals surface area contributed by atoms with E-state index in [4.69, 9.17) is 0 Å². The van der Waals surface area contributed by atoms with Crippen molar-refractivity contribution in [2.75, 3.05) is 18.0 Å². The first-order valence-corrected chi connectivity index (χ1v) is 8.40. The number of benzene rings is 1. The molecule has 0 amide bonds. The van der Waals surface area contributed by atoms with Crippen molar-refractivity contribution >= 4 is 17.0 Å². The molecule has 4 heteroatoms. The van der Waals surface area contributed by atoms with Crippen molar-refractivity contribution in [3.8, 4) is 0 Å². The number of rotatable bonds is 4. The molecule has 0 saturated heterocycles. The molecule has 0 saturated carbocycles. The number of hydrogen-bond donors (Lipinski definition) is 1. The highest BCUT2D eigenvalue weighted by Crippen LogP contribution is 2.33. The monoisotopic (exact) mass is 304 g/mol. The van der Waals surface area contributed by atoms with Crippen molar-refractivity contribution in [3.63, 3.8) is 0 Å². The molecule has 1 aromatic carbocycles. The van der Waals surface area contributed by atoms with Gasteiger partial charge in [0.15, 0.2) is 0 Å². The molecule has 3 rings (SSSR count). The van der Waals surface area contributed by atoms with Crippen molar-refractivity contribution in [1.29, 1.82) is 0 Å². The second kappa shape index (κ2) is 6.16. The maximum absolute atomic E-state index is 14.4. The second-order valence-corrected chi connectivity index (χ2v) is 6.49. The van der Waals surface area contributed by atoms with Gasteiger partial charge in [0.05, 0.1) is 0 Å². The Morgan fingerprint density at radius 1 is 1.38 bits per heavy atom. The van der Waals surface area contributed by atoms with Crippen LogP contribution in [0.4, 0.5) is 10.1 Å². The van der Waals surface area contributed by atoms with Gasteiger partial charge in [-0.2, -0.15) is 0 Å². The Balaban J connectivity index is 1.94. The summed E-state index contributed by atoms with van der Waals surface area (Å²) in [5.41, 5.74) is 3.20. The van der Waals surface area contributed by atoms with E-state index >= 15 is 0 Å². The molecule has 1 atom stereocenters. The fraction of sp³-hybridized carbons (Fsp3) is 0.412. The minimum atomic E-state index is -0.114. The van der Waals surface area contributed by atoms with Crippen LogP contribution in [0.25, 0.3) is 0 Å². The highest BCUT2D eigenvalue weighted by molar-refractivity contribution is 7.10. The number of nitrogens with zero attached hydrogens (tertiary/aromatic N) is 1. The summed E-state index contributed by atoms with van der Waals surface area (Å²) in [4.78, 5) is 3.78. The van der Waals surface area contributed by atoms with Gasteiger partial charge in [0.2, 0.25) is 0 Å². The molecule has 1 aromatic heterocycles. The first kappa shape index (κ1) is 14.5. The van der Waals surface area contributed by atoms with Crippen molar-refractivity contribution in [3.05, 3.63) is 51.5 Å². The van der Waals surface area contributed by atoms with E-state index in [1.54, 1.807) is 6.07 Å². The average molecular weight is 304 g/mol. The van der Waals surface area contributed by atoms with Crippen molar-refractivity contribution in [2.45, 2.75) is 32.9 Å². The number of halogens is 1. The molecule has 0 aliphatic carbocycles. The molecular weight excluding hydrogens is 283 g/mol. The van der Waals surface area contributed by atoms with Gasteiger partial charge in [0.25, 0.3) is 0 Å².